The van der Waals surface area contributed by atoms with Crippen molar-refractivity contribution in [1.82, 2.24) is 0 Å². The highest BCUT2D eigenvalue weighted by molar-refractivity contribution is 6.19. The van der Waals surface area contributed by atoms with Gasteiger partial charge in [-0.3, -0.25) is 4.79 Å². The van der Waals surface area contributed by atoms with E-state index in [-0.39, 0.29) is 5.91 Å². The molecule has 2 nitrogen and oxygen atoms in total. The minimum Gasteiger partial charge on any atom is -0.326 e. The van der Waals surface area contributed by atoms with Gasteiger partial charge in [-0.1, -0.05) is 6.07 Å². The predicted octanol–water partition coefficient (Wildman–Crippen LogP) is 2.87. The average molecular weight is 212 g/mol. The molecule has 1 amide bonds. The summed E-state index contributed by atoms with van der Waals surface area (Å²) in [5.74, 6) is 0.321. The minimum atomic E-state index is -0.0370. The Morgan fingerprint density at radius 2 is 1.86 bits per heavy atom. The van der Waals surface area contributed by atoms with Crippen LogP contribution in [0.5, 0.6) is 0 Å². The highest BCUT2D eigenvalue weighted by Gasteiger charge is 2.01. The van der Waals surface area contributed by atoms with E-state index in [0.717, 1.165) is 16.8 Å². The molecule has 0 aliphatic rings. The molecule has 0 aliphatic carbocycles. The number of benzene rings is 1. The lowest BCUT2D eigenvalue weighted by molar-refractivity contribution is -0.115. The maximum Gasteiger partial charge on any atom is 0.225 e. The Morgan fingerprint density at radius 3 is 2.36 bits per heavy atom. The van der Waals surface area contributed by atoms with Crippen LogP contribution < -0.4 is 5.32 Å². The largest absolute Gasteiger partial charge is 0.326 e. The minimum absolute atomic E-state index is 0.0370. The lowest BCUT2D eigenvalue weighted by atomic mass is 10.1. The van der Waals surface area contributed by atoms with Gasteiger partial charge < -0.3 is 5.32 Å². The predicted molar refractivity (Wildman–Crippen MR) is 59.9 cm³/mol. The Hall–Kier alpha value is -1.02. The van der Waals surface area contributed by atoms with Gasteiger partial charge in [-0.25, -0.2) is 0 Å². The first kappa shape index (κ1) is 11.1. The van der Waals surface area contributed by atoms with Crippen molar-refractivity contribution in [3.8, 4) is 0 Å². The van der Waals surface area contributed by atoms with E-state index < -0.39 is 0 Å². The second-order valence-corrected chi connectivity index (χ2v) is 3.74. The third-order valence-corrected chi connectivity index (χ3v) is 2.02. The van der Waals surface area contributed by atoms with Crippen molar-refractivity contribution in [2.75, 3.05) is 11.2 Å². The van der Waals surface area contributed by atoms with E-state index >= 15 is 0 Å². The fraction of sp³-hybridized carbons (Fsp3) is 0.364. The molecule has 0 aromatic heterocycles. The van der Waals surface area contributed by atoms with Gasteiger partial charge >= 0.3 is 0 Å². The van der Waals surface area contributed by atoms with Gasteiger partial charge in [-0.05, 0) is 37.1 Å². The summed E-state index contributed by atoms with van der Waals surface area (Å²) in [7, 11) is 0. The zero-order valence-electron chi connectivity index (χ0n) is 8.43. The normalized spacial score (nSPS) is 9.93. The van der Waals surface area contributed by atoms with Crippen LogP contribution >= 0.6 is 11.6 Å². The van der Waals surface area contributed by atoms with Crippen LogP contribution in [-0.2, 0) is 4.79 Å². The van der Waals surface area contributed by atoms with Crippen LogP contribution in [0.4, 0.5) is 5.69 Å². The van der Waals surface area contributed by atoms with Gasteiger partial charge in [0.2, 0.25) is 5.91 Å². The molecule has 76 valence electrons. The summed E-state index contributed by atoms with van der Waals surface area (Å²) in [5, 5.41) is 2.80. The molecule has 0 fully saturated rings. The molecule has 0 bridgehead atoms. The fourth-order valence-electron chi connectivity index (χ4n) is 1.36. The van der Waals surface area contributed by atoms with Crippen LogP contribution in [0.15, 0.2) is 18.2 Å². The zero-order chi connectivity index (χ0) is 10.6. The van der Waals surface area contributed by atoms with E-state index in [2.05, 4.69) is 11.4 Å². The number of nitrogens with one attached hydrogen (secondary N) is 1. The second-order valence-electron chi connectivity index (χ2n) is 3.36. The number of carbonyl (C=O) groups is 1. The maximum atomic E-state index is 11.2. The van der Waals surface area contributed by atoms with E-state index in [1.165, 1.54) is 0 Å². The quantitative estimate of drug-likeness (QED) is 0.766. The van der Waals surface area contributed by atoms with Crippen molar-refractivity contribution < 1.29 is 4.79 Å². The number of amides is 1. The second kappa shape index (κ2) is 5.01. The first-order valence-corrected chi connectivity index (χ1v) is 5.09. The topological polar surface area (TPSA) is 29.1 Å². The molecule has 0 heterocycles. The van der Waals surface area contributed by atoms with E-state index in [9.17, 15) is 4.79 Å². The summed E-state index contributed by atoms with van der Waals surface area (Å²) in [5.41, 5.74) is 3.13. The van der Waals surface area contributed by atoms with E-state index in [1.54, 1.807) is 0 Å². The van der Waals surface area contributed by atoms with E-state index in [1.807, 2.05) is 26.0 Å². The zero-order valence-corrected chi connectivity index (χ0v) is 9.19. The number of aryl methyl sites for hydroxylation is 2. The number of carbonyl (C=O) groups excluding carboxylic acids is 1. The molecule has 1 aromatic rings. The standard InChI is InChI=1S/C11H14ClNO/c1-8-5-9(2)7-10(6-8)13-11(14)3-4-12/h5-7H,3-4H2,1-2H3,(H,13,14). The fourth-order valence-corrected chi connectivity index (χ4v) is 1.53. The molecule has 0 saturated heterocycles. The van der Waals surface area contributed by atoms with Crippen LogP contribution in [0.3, 0.4) is 0 Å². The Bertz CT molecular complexity index is 316. The molecule has 1 N–H and O–H groups in total. The molecule has 0 radical (unpaired) electrons. The molecule has 1 rings (SSSR count). The summed E-state index contributed by atoms with van der Waals surface area (Å²) >= 11 is 5.46. The summed E-state index contributed by atoms with van der Waals surface area (Å²) in [4.78, 5) is 11.2. The summed E-state index contributed by atoms with van der Waals surface area (Å²) in [6.45, 7) is 4.01. The molecule has 0 saturated carbocycles. The first-order chi connectivity index (χ1) is 6.61. The van der Waals surface area contributed by atoms with Gasteiger partial charge in [-0.15, -0.1) is 11.6 Å². The molecule has 0 spiro atoms. The molecule has 14 heavy (non-hydrogen) atoms. The van der Waals surface area contributed by atoms with E-state index in [4.69, 9.17) is 11.6 Å². The number of hydrogen-bond donors (Lipinski definition) is 1. The number of alkyl halides is 1. The maximum absolute atomic E-state index is 11.2. The Morgan fingerprint density at radius 1 is 1.29 bits per heavy atom. The average Bonchev–Trinajstić information content (AvgIpc) is 2.01. The molecular formula is C11H14ClNO. The lowest BCUT2D eigenvalue weighted by Crippen LogP contribution is -2.11. The monoisotopic (exact) mass is 211 g/mol. The highest BCUT2D eigenvalue weighted by atomic mass is 35.5. The number of rotatable bonds is 3. The smallest absolute Gasteiger partial charge is 0.225 e. The molecule has 1 aromatic carbocycles. The number of halogens is 1. The summed E-state index contributed by atoms with van der Waals surface area (Å²) in [6, 6.07) is 5.95. The highest BCUT2D eigenvalue weighted by Crippen LogP contribution is 2.13. The Labute approximate surface area is 89.3 Å². The third kappa shape index (κ3) is 3.38. The summed E-state index contributed by atoms with van der Waals surface area (Å²) in [6.07, 6.45) is 0.356. The summed E-state index contributed by atoms with van der Waals surface area (Å²) < 4.78 is 0. The van der Waals surface area contributed by atoms with Crippen molar-refractivity contribution in [2.24, 2.45) is 0 Å². The Balaban J connectivity index is 2.71. The van der Waals surface area contributed by atoms with Crippen LogP contribution in [0.2, 0.25) is 0 Å². The number of anilines is 1. The Kier molecular flexibility index (Phi) is 3.96. The van der Waals surface area contributed by atoms with Gasteiger partial charge in [0.05, 0.1) is 0 Å². The van der Waals surface area contributed by atoms with Crippen LogP contribution in [0.1, 0.15) is 17.5 Å². The van der Waals surface area contributed by atoms with Crippen molar-refractivity contribution in [3.63, 3.8) is 0 Å². The van der Waals surface area contributed by atoms with Crippen LogP contribution in [0.25, 0.3) is 0 Å². The molecule has 0 unspecified atom stereocenters. The van der Waals surface area contributed by atoms with Gasteiger partial charge in [0.1, 0.15) is 0 Å². The lowest BCUT2D eigenvalue weighted by Gasteiger charge is -2.06. The molecule has 0 atom stereocenters. The van der Waals surface area contributed by atoms with Crippen molar-refractivity contribution in [2.45, 2.75) is 20.3 Å². The van der Waals surface area contributed by atoms with Gasteiger partial charge in [0, 0.05) is 18.0 Å². The van der Waals surface area contributed by atoms with Gasteiger partial charge in [0.15, 0.2) is 0 Å². The van der Waals surface area contributed by atoms with Crippen LogP contribution in [0, 0.1) is 13.8 Å². The SMILES string of the molecule is Cc1cc(C)cc(NC(=O)CCCl)c1. The van der Waals surface area contributed by atoms with E-state index in [0.29, 0.717) is 12.3 Å². The van der Waals surface area contributed by atoms with Gasteiger partial charge in [0.25, 0.3) is 0 Å². The van der Waals surface area contributed by atoms with Crippen LogP contribution in [-0.4, -0.2) is 11.8 Å². The number of hydrogen-bond acceptors (Lipinski definition) is 1. The van der Waals surface area contributed by atoms with Crippen molar-refractivity contribution in [1.29, 1.82) is 0 Å². The third-order valence-electron chi connectivity index (χ3n) is 1.83. The van der Waals surface area contributed by atoms with Gasteiger partial charge in [-0.2, -0.15) is 0 Å². The molecular weight excluding hydrogens is 198 g/mol. The van der Waals surface area contributed by atoms with Crippen molar-refractivity contribution in [3.05, 3.63) is 29.3 Å². The van der Waals surface area contributed by atoms with Crippen molar-refractivity contribution >= 4 is 23.2 Å². The molecule has 0 aliphatic heterocycles. The first-order valence-electron chi connectivity index (χ1n) is 4.56. The molecule has 3 heteroatoms.